The van der Waals surface area contributed by atoms with Crippen LogP contribution in [-0.2, 0) is 4.79 Å². The number of nitrogens with one attached hydrogen (secondary N) is 2. The Morgan fingerprint density at radius 3 is 2.69 bits per heavy atom. The SMILES string of the molecule is Cc1ccccc1OCC(=O)NC(=S)Nc1ccc2oc(-c3cccc4c(Cl)cccc34)nc2c1. The van der Waals surface area contributed by atoms with Gasteiger partial charge in [0.2, 0.25) is 5.89 Å². The lowest BCUT2D eigenvalue weighted by atomic mass is 10.0. The number of hydrogen-bond donors (Lipinski definition) is 2. The van der Waals surface area contributed by atoms with Crippen LogP contribution in [-0.4, -0.2) is 22.6 Å². The van der Waals surface area contributed by atoms with Gasteiger partial charge < -0.3 is 14.5 Å². The highest BCUT2D eigenvalue weighted by atomic mass is 35.5. The first-order chi connectivity index (χ1) is 17.0. The maximum absolute atomic E-state index is 12.2. The zero-order chi connectivity index (χ0) is 24.4. The molecule has 2 N–H and O–H groups in total. The number of amides is 1. The number of hydrogen-bond acceptors (Lipinski definition) is 5. The number of oxazole rings is 1. The second kappa shape index (κ2) is 9.74. The summed E-state index contributed by atoms with van der Waals surface area (Å²) in [6, 6.07) is 24.5. The van der Waals surface area contributed by atoms with E-state index in [0.29, 0.717) is 33.4 Å². The zero-order valence-electron chi connectivity index (χ0n) is 18.7. The van der Waals surface area contributed by atoms with Crippen molar-refractivity contribution in [3.05, 3.63) is 89.4 Å². The molecule has 1 heterocycles. The van der Waals surface area contributed by atoms with Crippen molar-refractivity contribution >= 4 is 62.4 Å². The number of anilines is 1. The van der Waals surface area contributed by atoms with Gasteiger partial charge in [-0.2, -0.15) is 0 Å². The summed E-state index contributed by atoms with van der Waals surface area (Å²) in [6.07, 6.45) is 0. The summed E-state index contributed by atoms with van der Waals surface area (Å²) in [7, 11) is 0. The number of fused-ring (bicyclic) bond motifs is 2. The number of para-hydroxylation sites is 1. The lowest BCUT2D eigenvalue weighted by Crippen LogP contribution is -2.37. The Morgan fingerprint density at radius 1 is 1.03 bits per heavy atom. The van der Waals surface area contributed by atoms with Gasteiger partial charge in [-0.15, -0.1) is 0 Å². The van der Waals surface area contributed by atoms with Gasteiger partial charge in [0.05, 0.1) is 0 Å². The number of carbonyl (C=O) groups excluding carboxylic acids is 1. The molecule has 174 valence electrons. The first kappa shape index (κ1) is 22.8. The van der Waals surface area contributed by atoms with E-state index in [0.717, 1.165) is 21.9 Å². The first-order valence-corrected chi connectivity index (χ1v) is 11.6. The van der Waals surface area contributed by atoms with E-state index < -0.39 is 0 Å². The van der Waals surface area contributed by atoms with Gasteiger partial charge in [-0.05, 0) is 66.5 Å². The fourth-order valence-corrected chi connectivity index (χ4v) is 4.23. The fraction of sp³-hybridized carbons (Fsp3) is 0.0741. The standard InChI is InChI=1S/C27H20ClN3O3S/c1-16-6-2-3-11-23(16)33-15-25(32)31-27(35)29-17-12-13-24-22(14-17)30-26(34-24)20-9-4-8-19-18(20)7-5-10-21(19)28/h2-14H,15H2,1H3,(H2,29,31,32,35). The molecule has 0 aliphatic rings. The van der Waals surface area contributed by atoms with Crippen molar-refractivity contribution in [3.8, 4) is 17.2 Å². The van der Waals surface area contributed by atoms with Crippen LogP contribution in [0.2, 0.25) is 5.02 Å². The number of rotatable bonds is 5. The van der Waals surface area contributed by atoms with E-state index in [1.165, 1.54) is 0 Å². The Bertz CT molecular complexity index is 1580. The van der Waals surface area contributed by atoms with Crippen LogP contribution in [0.1, 0.15) is 5.56 Å². The third-order valence-corrected chi connectivity index (χ3v) is 5.98. The molecule has 0 saturated carbocycles. The second-order valence-corrected chi connectivity index (χ2v) is 8.71. The van der Waals surface area contributed by atoms with Crippen LogP contribution in [0.25, 0.3) is 33.3 Å². The fourth-order valence-electron chi connectivity index (χ4n) is 3.77. The molecule has 0 atom stereocenters. The molecular formula is C27H20ClN3O3S. The number of benzene rings is 4. The summed E-state index contributed by atoms with van der Waals surface area (Å²) in [6.45, 7) is 1.77. The molecule has 35 heavy (non-hydrogen) atoms. The Hall–Kier alpha value is -3.94. The van der Waals surface area contributed by atoms with E-state index in [1.807, 2.05) is 73.7 Å². The van der Waals surface area contributed by atoms with E-state index in [4.69, 9.17) is 33.0 Å². The van der Waals surface area contributed by atoms with Crippen molar-refractivity contribution in [3.63, 3.8) is 0 Å². The van der Waals surface area contributed by atoms with E-state index >= 15 is 0 Å². The van der Waals surface area contributed by atoms with Crippen molar-refractivity contribution in [1.82, 2.24) is 10.3 Å². The van der Waals surface area contributed by atoms with Crippen LogP contribution < -0.4 is 15.4 Å². The summed E-state index contributed by atoms with van der Waals surface area (Å²) < 4.78 is 11.6. The normalized spacial score (nSPS) is 10.9. The van der Waals surface area contributed by atoms with Crippen molar-refractivity contribution in [2.75, 3.05) is 11.9 Å². The Morgan fingerprint density at radius 2 is 1.83 bits per heavy atom. The topological polar surface area (TPSA) is 76.4 Å². The maximum Gasteiger partial charge on any atom is 0.264 e. The van der Waals surface area contributed by atoms with Gasteiger partial charge in [0.15, 0.2) is 17.3 Å². The summed E-state index contributed by atoms with van der Waals surface area (Å²) in [5, 5.41) is 8.36. The molecule has 1 aromatic heterocycles. The van der Waals surface area contributed by atoms with Gasteiger partial charge in [0, 0.05) is 21.7 Å². The average molecular weight is 502 g/mol. The molecular weight excluding hydrogens is 482 g/mol. The smallest absolute Gasteiger partial charge is 0.264 e. The minimum Gasteiger partial charge on any atom is -0.483 e. The highest BCUT2D eigenvalue weighted by Crippen LogP contribution is 2.33. The van der Waals surface area contributed by atoms with Crippen LogP contribution in [0.5, 0.6) is 5.75 Å². The van der Waals surface area contributed by atoms with Gasteiger partial charge in [-0.25, -0.2) is 4.98 Å². The predicted molar refractivity (Wildman–Crippen MR) is 143 cm³/mol. The number of halogens is 1. The Balaban J connectivity index is 1.28. The van der Waals surface area contributed by atoms with Crippen molar-refractivity contribution in [2.45, 2.75) is 6.92 Å². The molecule has 0 spiro atoms. The number of aryl methyl sites for hydroxylation is 1. The average Bonchev–Trinajstić information content (AvgIpc) is 3.27. The Labute approximate surface area is 211 Å². The lowest BCUT2D eigenvalue weighted by molar-refractivity contribution is -0.121. The van der Waals surface area contributed by atoms with Crippen molar-refractivity contribution < 1.29 is 13.9 Å². The number of ether oxygens (including phenoxy) is 1. The summed E-state index contributed by atoms with van der Waals surface area (Å²) in [5.74, 6) is 0.793. The molecule has 1 amide bonds. The van der Waals surface area contributed by atoms with E-state index in [2.05, 4.69) is 15.6 Å². The highest BCUT2D eigenvalue weighted by molar-refractivity contribution is 7.80. The van der Waals surface area contributed by atoms with E-state index in [9.17, 15) is 4.79 Å². The van der Waals surface area contributed by atoms with Gasteiger partial charge in [0.1, 0.15) is 11.3 Å². The van der Waals surface area contributed by atoms with Gasteiger partial charge in [-0.1, -0.05) is 54.1 Å². The number of aromatic nitrogens is 1. The molecule has 4 aromatic carbocycles. The van der Waals surface area contributed by atoms with Gasteiger partial charge in [0.25, 0.3) is 5.91 Å². The Kier molecular flexibility index (Phi) is 6.35. The summed E-state index contributed by atoms with van der Waals surface area (Å²) in [4.78, 5) is 16.9. The predicted octanol–water partition coefficient (Wildman–Crippen LogP) is 6.50. The molecule has 0 aliphatic carbocycles. The summed E-state index contributed by atoms with van der Waals surface area (Å²) >= 11 is 11.6. The molecule has 6 nitrogen and oxygen atoms in total. The third-order valence-electron chi connectivity index (χ3n) is 5.45. The quantitative estimate of drug-likeness (QED) is 0.268. The van der Waals surface area contributed by atoms with Crippen molar-refractivity contribution in [1.29, 1.82) is 0 Å². The van der Waals surface area contributed by atoms with Gasteiger partial charge >= 0.3 is 0 Å². The number of thiocarbonyl (C=S) groups is 1. The van der Waals surface area contributed by atoms with Crippen LogP contribution in [0, 0.1) is 6.92 Å². The van der Waals surface area contributed by atoms with E-state index in [-0.39, 0.29) is 17.6 Å². The lowest BCUT2D eigenvalue weighted by Gasteiger charge is -2.11. The van der Waals surface area contributed by atoms with Crippen LogP contribution in [0.3, 0.4) is 0 Å². The zero-order valence-corrected chi connectivity index (χ0v) is 20.2. The molecule has 0 saturated heterocycles. The maximum atomic E-state index is 12.2. The molecule has 5 rings (SSSR count). The second-order valence-electron chi connectivity index (χ2n) is 7.90. The van der Waals surface area contributed by atoms with Crippen LogP contribution in [0.15, 0.2) is 83.3 Å². The monoisotopic (exact) mass is 501 g/mol. The first-order valence-electron chi connectivity index (χ1n) is 10.9. The van der Waals surface area contributed by atoms with Crippen molar-refractivity contribution in [2.24, 2.45) is 0 Å². The minimum atomic E-state index is -0.356. The molecule has 0 unspecified atom stereocenters. The molecule has 0 radical (unpaired) electrons. The summed E-state index contributed by atoms with van der Waals surface area (Å²) in [5.41, 5.74) is 3.76. The highest BCUT2D eigenvalue weighted by Gasteiger charge is 2.13. The number of carbonyl (C=O) groups is 1. The van der Waals surface area contributed by atoms with Crippen LogP contribution in [0.4, 0.5) is 5.69 Å². The molecule has 0 aliphatic heterocycles. The molecule has 5 aromatic rings. The molecule has 0 bridgehead atoms. The molecule has 0 fully saturated rings. The van der Waals surface area contributed by atoms with Gasteiger partial charge in [-0.3, -0.25) is 10.1 Å². The molecule has 8 heteroatoms. The van der Waals surface area contributed by atoms with E-state index in [1.54, 1.807) is 12.1 Å². The minimum absolute atomic E-state index is 0.145. The van der Waals surface area contributed by atoms with Crippen LogP contribution >= 0.6 is 23.8 Å². The third kappa shape index (κ3) is 4.96. The number of nitrogens with zero attached hydrogens (tertiary/aromatic N) is 1. The largest absolute Gasteiger partial charge is 0.483 e.